The minimum atomic E-state index is 0.944. The fourth-order valence-corrected chi connectivity index (χ4v) is 2.73. The molecule has 3 nitrogen and oxygen atoms in total. The van der Waals surface area contributed by atoms with Crippen LogP contribution in [0.25, 0.3) is 22.9 Å². The van der Waals surface area contributed by atoms with Gasteiger partial charge in [0.05, 0.1) is 22.4 Å². The van der Waals surface area contributed by atoms with Crippen LogP contribution >= 0.6 is 0 Å². The Hall–Kier alpha value is -2.29. The molecule has 18 heavy (non-hydrogen) atoms. The highest BCUT2D eigenvalue weighted by molar-refractivity contribution is 5.81. The molecule has 0 N–H and O–H groups in total. The average Bonchev–Trinajstić information content (AvgIpc) is 2.76. The third kappa shape index (κ3) is 1.11. The second kappa shape index (κ2) is 3.35. The van der Waals surface area contributed by atoms with Gasteiger partial charge in [-0.15, -0.1) is 0 Å². The van der Waals surface area contributed by atoms with E-state index in [0.29, 0.717) is 0 Å². The number of imidazole rings is 2. The Morgan fingerprint density at radius 3 is 3.00 bits per heavy atom. The van der Waals surface area contributed by atoms with E-state index in [2.05, 4.69) is 58.5 Å². The van der Waals surface area contributed by atoms with Crippen molar-refractivity contribution < 1.29 is 0 Å². The molecule has 4 rings (SSSR count). The van der Waals surface area contributed by atoms with Crippen molar-refractivity contribution >= 4 is 22.9 Å². The van der Waals surface area contributed by atoms with Crippen molar-refractivity contribution in [3.63, 3.8) is 0 Å². The molecule has 3 heteroatoms. The van der Waals surface area contributed by atoms with E-state index in [-0.39, 0.29) is 0 Å². The SMILES string of the molecule is Cn1c2c(n3c4ccccc4nc13)CC=CC=C2. The van der Waals surface area contributed by atoms with E-state index in [0.717, 1.165) is 17.7 Å². The highest BCUT2D eigenvalue weighted by atomic mass is 15.2. The number of aromatic nitrogens is 3. The van der Waals surface area contributed by atoms with Gasteiger partial charge in [0.2, 0.25) is 5.78 Å². The van der Waals surface area contributed by atoms with Gasteiger partial charge >= 0.3 is 0 Å². The largest absolute Gasteiger partial charge is 0.313 e. The van der Waals surface area contributed by atoms with Gasteiger partial charge in [0.1, 0.15) is 0 Å². The van der Waals surface area contributed by atoms with Crippen molar-refractivity contribution in [2.24, 2.45) is 7.05 Å². The highest BCUT2D eigenvalue weighted by Crippen LogP contribution is 2.25. The van der Waals surface area contributed by atoms with Crippen LogP contribution in [0, 0.1) is 0 Å². The molecule has 1 aliphatic rings. The minimum absolute atomic E-state index is 0.944. The lowest BCUT2D eigenvalue weighted by molar-refractivity contribution is 0.927. The Kier molecular flexibility index (Phi) is 1.81. The van der Waals surface area contributed by atoms with Crippen LogP contribution in [-0.2, 0) is 13.5 Å². The number of allylic oxidation sites excluding steroid dienone is 3. The molecule has 0 radical (unpaired) electrons. The van der Waals surface area contributed by atoms with E-state index in [1.165, 1.54) is 16.9 Å². The number of nitrogens with zero attached hydrogens (tertiary/aromatic N) is 3. The van der Waals surface area contributed by atoms with Crippen LogP contribution in [-0.4, -0.2) is 14.0 Å². The minimum Gasteiger partial charge on any atom is -0.313 e. The first-order valence-corrected chi connectivity index (χ1v) is 6.14. The normalized spacial score (nSPS) is 14.3. The monoisotopic (exact) mass is 235 g/mol. The molecular formula is C15H13N3. The zero-order valence-electron chi connectivity index (χ0n) is 10.2. The molecule has 1 aliphatic carbocycles. The summed E-state index contributed by atoms with van der Waals surface area (Å²) in [6.07, 6.45) is 9.48. The fourth-order valence-electron chi connectivity index (χ4n) is 2.73. The Balaban J connectivity index is 2.23. The lowest BCUT2D eigenvalue weighted by Crippen LogP contribution is -1.93. The van der Waals surface area contributed by atoms with Gasteiger partial charge in [0.25, 0.3) is 0 Å². The molecule has 0 spiro atoms. The second-order valence-corrected chi connectivity index (χ2v) is 4.62. The number of benzene rings is 1. The second-order valence-electron chi connectivity index (χ2n) is 4.62. The summed E-state index contributed by atoms with van der Waals surface area (Å²) in [7, 11) is 2.08. The van der Waals surface area contributed by atoms with Gasteiger partial charge in [-0.2, -0.15) is 0 Å². The number of hydrogen-bond donors (Lipinski definition) is 0. The smallest absolute Gasteiger partial charge is 0.215 e. The predicted octanol–water partition coefficient (Wildman–Crippen LogP) is 2.95. The Morgan fingerprint density at radius 2 is 2.06 bits per heavy atom. The van der Waals surface area contributed by atoms with E-state index < -0.39 is 0 Å². The molecule has 0 saturated heterocycles. The van der Waals surface area contributed by atoms with Crippen molar-refractivity contribution in [2.45, 2.75) is 6.42 Å². The first-order chi connectivity index (χ1) is 8.86. The molecule has 88 valence electrons. The summed E-state index contributed by atoms with van der Waals surface area (Å²) in [6, 6.07) is 8.30. The summed E-state index contributed by atoms with van der Waals surface area (Å²) >= 11 is 0. The molecule has 3 aromatic rings. The van der Waals surface area contributed by atoms with Crippen LogP contribution in [0.4, 0.5) is 0 Å². The summed E-state index contributed by atoms with van der Waals surface area (Å²) < 4.78 is 4.43. The molecule has 0 amide bonds. The van der Waals surface area contributed by atoms with Gasteiger partial charge < -0.3 is 4.57 Å². The summed E-state index contributed by atoms with van der Waals surface area (Å²) in [5, 5.41) is 0. The third-order valence-electron chi connectivity index (χ3n) is 3.58. The van der Waals surface area contributed by atoms with Gasteiger partial charge in [0, 0.05) is 13.5 Å². The maximum atomic E-state index is 4.72. The van der Waals surface area contributed by atoms with Crippen molar-refractivity contribution in [3.05, 3.63) is 53.9 Å². The molecule has 0 saturated carbocycles. The van der Waals surface area contributed by atoms with Crippen molar-refractivity contribution in [1.82, 2.24) is 14.0 Å². The molecule has 0 unspecified atom stereocenters. The average molecular weight is 235 g/mol. The van der Waals surface area contributed by atoms with Gasteiger partial charge in [0.15, 0.2) is 0 Å². The number of para-hydroxylation sites is 2. The van der Waals surface area contributed by atoms with Crippen molar-refractivity contribution in [3.8, 4) is 0 Å². The maximum Gasteiger partial charge on any atom is 0.215 e. The first kappa shape index (κ1) is 9.71. The zero-order valence-corrected chi connectivity index (χ0v) is 10.2. The van der Waals surface area contributed by atoms with Crippen molar-refractivity contribution in [2.75, 3.05) is 0 Å². The van der Waals surface area contributed by atoms with Crippen LogP contribution in [0.2, 0.25) is 0 Å². The molecule has 0 atom stereocenters. The van der Waals surface area contributed by atoms with Crippen LogP contribution < -0.4 is 0 Å². The van der Waals surface area contributed by atoms with Gasteiger partial charge in [-0.1, -0.05) is 30.4 Å². The molecule has 2 aromatic heterocycles. The number of rotatable bonds is 0. The van der Waals surface area contributed by atoms with Gasteiger partial charge in [-0.3, -0.25) is 4.40 Å². The summed E-state index contributed by atoms with van der Waals surface area (Å²) in [5.74, 6) is 1.01. The van der Waals surface area contributed by atoms with Crippen LogP contribution in [0.3, 0.4) is 0 Å². The summed E-state index contributed by atoms with van der Waals surface area (Å²) in [5.41, 5.74) is 4.80. The van der Waals surface area contributed by atoms with Crippen LogP contribution in [0.1, 0.15) is 11.4 Å². The highest BCUT2D eigenvalue weighted by Gasteiger charge is 2.17. The van der Waals surface area contributed by atoms with E-state index in [9.17, 15) is 0 Å². The van der Waals surface area contributed by atoms with Crippen LogP contribution in [0.5, 0.6) is 0 Å². The maximum absolute atomic E-state index is 4.72. The lowest BCUT2D eigenvalue weighted by atomic mass is 10.2. The van der Waals surface area contributed by atoms with E-state index in [1.807, 2.05) is 6.07 Å². The van der Waals surface area contributed by atoms with Gasteiger partial charge in [-0.25, -0.2) is 4.98 Å². The quantitative estimate of drug-likeness (QED) is 0.587. The Bertz CT molecular complexity index is 815. The summed E-state index contributed by atoms with van der Waals surface area (Å²) in [6.45, 7) is 0. The fraction of sp³-hybridized carbons (Fsp3) is 0.133. The molecule has 1 aromatic carbocycles. The molecule has 0 bridgehead atoms. The Morgan fingerprint density at radius 1 is 1.17 bits per heavy atom. The van der Waals surface area contributed by atoms with E-state index in [1.54, 1.807) is 0 Å². The third-order valence-corrected chi connectivity index (χ3v) is 3.58. The van der Waals surface area contributed by atoms with E-state index >= 15 is 0 Å². The number of aryl methyl sites for hydroxylation is 1. The lowest BCUT2D eigenvalue weighted by Gasteiger charge is -1.99. The van der Waals surface area contributed by atoms with Crippen molar-refractivity contribution in [1.29, 1.82) is 0 Å². The van der Waals surface area contributed by atoms with Gasteiger partial charge in [-0.05, 0) is 18.2 Å². The number of hydrogen-bond acceptors (Lipinski definition) is 1. The first-order valence-electron chi connectivity index (χ1n) is 6.14. The van der Waals surface area contributed by atoms with Crippen LogP contribution in [0.15, 0.2) is 42.5 Å². The topological polar surface area (TPSA) is 22.2 Å². The zero-order chi connectivity index (χ0) is 12.1. The Labute approximate surface area is 105 Å². The standard InChI is InChI=1S/C15H13N3/c1-17-13-9-3-2-4-10-14(13)18-12-8-6-5-7-11(12)16-15(17)18/h2-9H,10H2,1H3. The molecular weight excluding hydrogens is 222 g/mol. The van der Waals surface area contributed by atoms with E-state index in [4.69, 9.17) is 4.98 Å². The molecule has 2 heterocycles. The number of fused-ring (bicyclic) bond motifs is 5. The predicted molar refractivity (Wildman–Crippen MR) is 73.5 cm³/mol. The summed E-state index contributed by atoms with van der Waals surface area (Å²) in [4.78, 5) is 4.72. The molecule has 0 fully saturated rings. The molecule has 0 aliphatic heterocycles.